The van der Waals surface area contributed by atoms with Crippen molar-refractivity contribution in [2.75, 3.05) is 19.8 Å². The first kappa shape index (κ1) is 11.6. The van der Waals surface area contributed by atoms with Crippen molar-refractivity contribution in [2.24, 2.45) is 18.2 Å². The maximum Gasteiger partial charge on any atom is 0.103 e. The van der Waals surface area contributed by atoms with Gasteiger partial charge in [0.1, 0.15) is 6.10 Å². The molecule has 1 aromatic heterocycles. The topological polar surface area (TPSA) is 73.3 Å². The van der Waals surface area contributed by atoms with Gasteiger partial charge in [0.2, 0.25) is 0 Å². The van der Waals surface area contributed by atoms with E-state index in [4.69, 9.17) is 10.5 Å². The molecule has 5 nitrogen and oxygen atoms in total. The third-order valence-corrected chi connectivity index (χ3v) is 3.61. The molecule has 3 N–H and O–H groups in total. The molecule has 0 bridgehead atoms. The molecule has 1 aliphatic heterocycles. The summed E-state index contributed by atoms with van der Waals surface area (Å²) in [6, 6.07) is 1.84. The third kappa shape index (κ3) is 1.86. The molecule has 2 heterocycles. The average Bonchev–Trinajstić information content (AvgIpc) is 2.75. The summed E-state index contributed by atoms with van der Waals surface area (Å²) in [5, 5.41) is 14.6. The van der Waals surface area contributed by atoms with E-state index in [1.165, 1.54) is 0 Å². The number of hydrogen-bond acceptors (Lipinski definition) is 4. The average molecular weight is 225 g/mol. The van der Waals surface area contributed by atoms with Gasteiger partial charge in [0, 0.05) is 38.4 Å². The van der Waals surface area contributed by atoms with Crippen LogP contribution >= 0.6 is 0 Å². The summed E-state index contributed by atoms with van der Waals surface area (Å²) >= 11 is 0. The molecule has 0 aliphatic carbocycles. The number of aliphatic hydroxyl groups is 1. The molecule has 0 radical (unpaired) electrons. The smallest absolute Gasteiger partial charge is 0.103 e. The summed E-state index contributed by atoms with van der Waals surface area (Å²) in [5.74, 6) is 0. The minimum Gasteiger partial charge on any atom is -0.386 e. The lowest BCUT2D eigenvalue weighted by Crippen LogP contribution is -2.42. The lowest BCUT2D eigenvalue weighted by atomic mass is 9.74. The zero-order valence-corrected chi connectivity index (χ0v) is 9.59. The van der Waals surface area contributed by atoms with E-state index in [1.54, 1.807) is 10.9 Å². The summed E-state index contributed by atoms with van der Waals surface area (Å²) < 4.78 is 7.04. The van der Waals surface area contributed by atoms with Crippen molar-refractivity contribution in [2.45, 2.75) is 18.9 Å². The molecule has 16 heavy (non-hydrogen) atoms. The van der Waals surface area contributed by atoms with Gasteiger partial charge in [-0.2, -0.15) is 5.10 Å². The van der Waals surface area contributed by atoms with E-state index in [2.05, 4.69) is 5.10 Å². The second kappa shape index (κ2) is 4.53. The lowest BCUT2D eigenvalue weighted by Gasteiger charge is -2.39. The maximum absolute atomic E-state index is 10.5. The van der Waals surface area contributed by atoms with E-state index in [9.17, 15) is 5.11 Å². The normalized spacial score (nSPS) is 21.9. The Labute approximate surface area is 95.2 Å². The van der Waals surface area contributed by atoms with Crippen molar-refractivity contribution in [1.82, 2.24) is 9.78 Å². The van der Waals surface area contributed by atoms with E-state index in [0.717, 1.165) is 18.5 Å². The molecular formula is C11H19N3O2. The Hall–Kier alpha value is -0.910. The van der Waals surface area contributed by atoms with E-state index in [1.807, 2.05) is 13.1 Å². The molecule has 0 amide bonds. The second-order valence-electron chi connectivity index (χ2n) is 4.46. The van der Waals surface area contributed by atoms with Crippen LogP contribution in [0, 0.1) is 5.41 Å². The molecule has 0 aromatic carbocycles. The minimum absolute atomic E-state index is 0.258. The Bertz CT molecular complexity index is 345. The van der Waals surface area contributed by atoms with E-state index < -0.39 is 6.10 Å². The summed E-state index contributed by atoms with van der Waals surface area (Å²) in [5.41, 5.74) is 6.42. The van der Waals surface area contributed by atoms with Crippen LogP contribution in [-0.4, -0.2) is 34.6 Å². The van der Waals surface area contributed by atoms with Crippen molar-refractivity contribution in [3.63, 3.8) is 0 Å². The Morgan fingerprint density at radius 1 is 1.62 bits per heavy atom. The van der Waals surface area contributed by atoms with Crippen LogP contribution < -0.4 is 5.73 Å². The zero-order valence-electron chi connectivity index (χ0n) is 9.59. The fourth-order valence-corrected chi connectivity index (χ4v) is 2.33. The highest BCUT2D eigenvalue weighted by Gasteiger charge is 2.40. The van der Waals surface area contributed by atoms with Crippen LogP contribution in [0.25, 0.3) is 0 Å². The number of nitrogens with zero attached hydrogens (tertiary/aromatic N) is 2. The zero-order chi connectivity index (χ0) is 11.6. The number of nitrogens with two attached hydrogens (primary N) is 1. The molecule has 2 rings (SSSR count). The fraction of sp³-hybridized carbons (Fsp3) is 0.727. The number of rotatable bonds is 3. The lowest BCUT2D eigenvalue weighted by molar-refractivity contribution is -0.0610. The Morgan fingerprint density at radius 3 is 2.81 bits per heavy atom. The van der Waals surface area contributed by atoms with Crippen molar-refractivity contribution in [3.8, 4) is 0 Å². The molecule has 1 atom stereocenters. The monoisotopic (exact) mass is 225 g/mol. The molecule has 5 heteroatoms. The van der Waals surface area contributed by atoms with Crippen molar-refractivity contribution < 1.29 is 9.84 Å². The van der Waals surface area contributed by atoms with Gasteiger partial charge in [0.15, 0.2) is 0 Å². The van der Waals surface area contributed by atoms with Crippen molar-refractivity contribution in [3.05, 3.63) is 18.0 Å². The summed E-state index contributed by atoms with van der Waals surface area (Å²) in [4.78, 5) is 0. The molecule has 0 spiro atoms. The standard InChI is InChI=1S/C11H19N3O2/c1-14-9(2-5-13-14)10(15)11(8-12)3-6-16-7-4-11/h2,5,10,15H,3-4,6-8,12H2,1H3/t10-/m0/s1. The molecule has 0 unspecified atom stereocenters. The summed E-state index contributed by atoms with van der Waals surface area (Å²) in [6.45, 7) is 1.82. The third-order valence-electron chi connectivity index (χ3n) is 3.61. The molecule has 1 saturated heterocycles. The highest BCUT2D eigenvalue weighted by Crippen LogP contribution is 2.41. The van der Waals surface area contributed by atoms with E-state index in [0.29, 0.717) is 19.8 Å². The fourth-order valence-electron chi connectivity index (χ4n) is 2.33. The molecule has 1 aromatic rings. The van der Waals surface area contributed by atoms with Crippen LogP contribution in [0.2, 0.25) is 0 Å². The van der Waals surface area contributed by atoms with Gasteiger partial charge < -0.3 is 15.6 Å². The van der Waals surface area contributed by atoms with Gasteiger partial charge in [-0.3, -0.25) is 4.68 Å². The summed E-state index contributed by atoms with van der Waals surface area (Å²) in [6.07, 6.45) is 2.74. The van der Waals surface area contributed by atoms with Crippen LogP contribution in [0.4, 0.5) is 0 Å². The minimum atomic E-state index is -0.561. The first-order valence-corrected chi connectivity index (χ1v) is 5.63. The number of aryl methyl sites for hydroxylation is 1. The van der Waals surface area contributed by atoms with Crippen LogP contribution in [0.1, 0.15) is 24.6 Å². The number of aliphatic hydroxyl groups excluding tert-OH is 1. The number of aromatic nitrogens is 2. The summed E-state index contributed by atoms with van der Waals surface area (Å²) in [7, 11) is 1.84. The number of ether oxygens (including phenoxy) is 1. The first-order valence-electron chi connectivity index (χ1n) is 5.63. The quantitative estimate of drug-likeness (QED) is 0.771. The van der Waals surface area contributed by atoms with Crippen LogP contribution in [0.3, 0.4) is 0 Å². The van der Waals surface area contributed by atoms with Gasteiger partial charge in [0.25, 0.3) is 0 Å². The first-order chi connectivity index (χ1) is 7.69. The van der Waals surface area contributed by atoms with Crippen LogP contribution in [0.15, 0.2) is 12.3 Å². The molecule has 1 fully saturated rings. The van der Waals surface area contributed by atoms with E-state index in [-0.39, 0.29) is 5.41 Å². The molecular weight excluding hydrogens is 206 g/mol. The Balaban J connectivity index is 2.24. The van der Waals surface area contributed by atoms with Gasteiger partial charge in [-0.25, -0.2) is 0 Å². The predicted molar refractivity (Wildman–Crippen MR) is 59.7 cm³/mol. The predicted octanol–water partition coefficient (Wildman–Crippen LogP) is 0.209. The maximum atomic E-state index is 10.5. The highest BCUT2D eigenvalue weighted by atomic mass is 16.5. The molecule has 1 aliphatic rings. The van der Waals surface area contributed by atoms with Gasteiger partial charge in [-0.05, 0) is 18.9 Å². The van der Waals surface area contributed by atoms with Crippen molar-refractivity contribution >= 4 is 0 Å². The van der Waals surface area contributed by atoms with Crippen molar-refractivity contribution in [1.29, 1.82) is 0 Å². The number of hydrogen-bond donors (Lipinski definition) is 2. The molecule has 90 valence electrons. The van der Waals surface area contributed by atoms with Gasteiger partial charge in [-0.1, -0.05) is 0 Å². The van der Waals surface area contributed by atoms with Gasteiger partial charge >= 0.3 is 0 Å². The Morgan fingerprint density at radius 2 is 2.31 bits per heavy atom. The SMILES string of the molecule is Cn1nccc1[C@H](O)C1(CN)CCOCC1. The van der Waals surface area contributed by atoms with Crippen LogP contribution in [0.5, 0.6) is 0 Å². The van der Waals surface area contributed by atoms with E-state index >= 15 is 0 Å². The van der Waals surface area contributed by atoms with Gasteiger partial charge in [0.05, 0.1) is 5.69 Å². The molecule has 0 saturated carbocycles. The Kier molecular flexibility index (Phi) is 3.28. The highest BCUT2D eigenvalue weighted by molar-refractivity contribution is 5.10. The van der Waals surface area contributed by atoms with Crippen LogP contribution in [-0.2, 0) is 11.8 Å². The second-order valence-corrected chi connectivity index (χ2v) is 4.46. The van der Waals surface area contributed by atoms with Gasteiger partial charge in [-0.15, -0.1) is 0 Å². The largest absolute Gasteiger partial charge is 0.386 e.